The molecule has 3 rings (SSSR count). The maximum Gasteiger partial charge on any atom is 0.242 e. The Hall–Kier alpha value is -2.44. The lowest BCUT2D eigenvalue weighted by molar-refractivity contribution is -0.146. The average molecular weight is 317 g/mol. The zero-order valence-electron chi connectivity index (χ0n) is 12.8. The summed E-state index contributed by atoms with van der Waals surface area (Å²) in [6.07, 6.45) is 5.36. The maximum absolute atomic E-state index is 12.4. The van der Waals surface area contributed by atoms with Gasteiger partial charge in [0.25, 0.3) is 0 Å². The van der Waals surface area contributed by atoms with Crippen molar-refractivity contribution in [3.8, 4) is 5.75 Å². The molecule has 3 amide bonds. The van der Waals surface area contributed by atoms with Crippen molar-refractivity contribution in [2.75, 3.05) is 19.6 Å². The molecule has 7 heteroatoms. The number of pyridine rings is 1. The van der Waals surface area contributed by atoms with Gasteiger partial charge in [-0.05, 0) is 25.0 Å². The van der Waals surface area contributed by atoms with Gasteiger partial charge >= 0.3 is 0 Å². The number of amides is 3. The van der Waals surface area contributed by atoms with E-state index >= 15 is 0 Å². The summed E-state index contributed by atoms with van der Waals surface area (Å²) in [7, 11) is 0. The number of carbonyl (C=O) groups is 3. The van der Waals surface area contributed by atoms with Crippen molar-refractivity contribution in [3.63, 3.8) is 0 Å². The third-order valence-electron chi connectivity index (χ3n) is 4.13. The number of likely N-dealkylation sites (tertiary alicyclic amines) is 2. The molecule has 7 nitrogen and oxygen atoms in total. The normalized spacial score (nSPS) is 21.7. The van der Waals surface area contributed by atoms with Crippen LogP contribution in [0, 0.1) is 0 Å². The summed E-state index contributed by atoms with van der Waals surface area (Å²) < 4.78 is 5.87. The Balaban J connectivity index is 1.56. The zero-order chi connectivity index (χ0) is 16.2. The molecule has 122 valence electrons. The molecule has 0 radical (unpaired) electrons. The molecule has 0 unspecified atom stereocenters. The number of hydrogen-bond donors (Lipinski definition) is 0. The van der Waals surface area contributed by atoms with E-state index < -0.39 is 0 Å². The van der Waals surface area contributed by atoms with Crippen LogP contribution in [0.5, 0.6) is 5.75 Å². The molecule has 3 heterocycles. The molecule has 2 aliphatic rings. The van der Waals surface area contributed by atoms with Crippen molar-refractivity contribution in [3.05, 3.63) is 24.5 Å². The molecule has 0 bridgehead atoms. The number of carbonyl (C=O) groups excluding carboxylic acids is 3. The van der Waals surface area contributed by atoms with Crippen LogP contribution >= 0.6 is 0 Å². The molecule has 1 aromatic heterocycles. The number of rotatable bonds is 4. The van der Waals surface area contributed by atoms with Crippen LogP contribution in [0.3, 0.4) is 0 Å². The second kappa shape index (κ2) is 6.76. The lowest BCUT2D eigenvalue weighted by Gasteiger charge is -2.33. The van der Waals surface area contributed by atoms with Crippen LogP contribution in [0.2, 0.25) is 0 Å². The van der Waals surface area contributed by atoms with Crippen LogP contribution in [0.25, 0.3) is 0 Å². The molecule has 0 saturated carbocycles. The smallest absolute Gasteiger partial charge is 0.242 e. The highest BCUT2D eigenvalue weighted by Crippen LogP contribution is 2.19. The van der Waals surface area contributed by atoms with Crippen molar-refractivity contribution in [1.29, 1.82) is 0 Å². The van der Waals surface area contributed by atoms with Gasteiger partial charge in [0.2, 0.25) is 17.7 Å². The fourth-order valence-corrected chi connectivity index (χ4v) is 2.90. The van der Waals surface area contributed by atoms with Crippen molar-refractivity contribution < 1.29 is 19.1 Å². The molecule has 23 heavy (non-hydrogen) atoms. The highest BCUT2D eigenvalue weighted by atomic mass is 16.5. The van der Waals surface area contributed by atoms with E-state index in [0.29, 0.717) is 13.1 Å². The number of aromatic nitrogens is 1. The van der Waals surface area contributed by atoms with Gasteiger partial charge in [0.1, 0.15) is 18.4 Å². The molecule has 0 spiro atoms. The molecule has 2 aliphatic heterocycles. The van der Waals surface area contributed by atoms with Crippen LogP contribution in [0.4, 0.5) is 0 Å². The van der Waals surface area contributed by atoms with E-state index in [1.807, 2.05) is 0 Å². The first-order chi connectivity index (χ1) is 11.1. The Morgan fingerprint density at radius 3 is 2.61 bits per heavy atom. The molecular weight excluding hydrogens is 298 g/mol. The predicted octanol–water partition coefficient (Wildman–Crippen LogP) is 0.600. The number of ether oxygens (including phenoxy) is 1. The van der Waals surface area contributed by atoms with E-state index in [0.717, 1.165) is 23.5 Å². The summed E-state index contributed by atoms with van der Waals surface area (Å²) in [4.78, 5) is 42.3. The van der Waals surface area contributed by atoms with Crippen molar-refractivity contribution in [2.45, 2.75) is 31.8 Å². The fourth-order valence-electron chi connectivity index (χ4n) is 2.90. The van der Waals surface area contributed by atoms with E-state index in [1.54, 1.807) is 29.4 Å². The third kappa shape index (κ3) is 3.67. The van der Waals surface area contributed by atoms with Crippen LogP contribution in [0.15, 0.2) is 24.5 Å². The summed E-state index contributed by atoms with van der Waals surface area (Å²) >= 11 is 0. The largest absolute Gasteiger partial charge is 0.488 e. The van der Waals surface area contributed by atoms with Gasteiger partial charge in [-0.3, -0.25) is 24.3 Å². The molecule has 2 fully saturated rings. The number of hydrogen-bond acceptors (Lipinski definition) is 5. The Morgan fingerprint density at radius 2 is 1.91 bits per heavy atom. The van der Waals surface area contributed by atoms with E-state index in [9.17, 15) is 14.4 Å². The van der Waals surface area contributed by atoms with Gasteiger partial charge in [-0.1, -0.05) is 0 Å². The third-order valence-corrected chi connectivity index (χ3v) is 4.13. The topological polar surface area (TPSA) is 79.8 Å². The standard InChI is InChI=1S/C16H19N3O4/c20-14-3-4-15(21)19(14)11-16(22)18-9-1-2-13(10-18)23-12-5-7-17-8-6-12/h5-8,13H,1-4,9-11H2/t13-/m1/s1. The van der Waals surface area contributed by atoms with Crippen molar-refractivity contribution >= 4 is 17.7 Å². The first-order valence-electron chi connectivity index (χ1n) is 7.81. The molecule has 1 atom stereocenters. The van der Waals surface area contributed by atoms with Gasteiger partial charge in [0.05, 0.1) is 6.54 Å². The van der Waals surface area contributed by atoms with E-state index in [-0.39, 0.29) is 43.2 Å². The Labute approximate surface area is 134 Å². The second-order valence-corrected chi connectivity index (χ2v) is 5.78. The minimum atomic E-state index is -0.259. The van der Waals surface area contributed by atoms with E-state index in [2.05, 4.69) is 4.98 Å². The highest BCUT2D eigenvalue weighted by molar-refractivity contribution is 6.04. The van der Waals surface area contributed by atoms with Gasteiger partial charge in [0.15, 0.2) is 0 Å². The lowest BCUT2D eigenvalue weighted by atomic mass is 10.1. The monoisotopic (exact) mass is 317 g/mol. The van der Waals surface area contributed by atoms with Crippen LogP contribution in [0.1, 0.15) is 25.7 Å². The molecule has 1 aromatic rings. The predicted molar refractivity (Wildman–Crippen MR) is 80.4 cm³/mol. The molecule has 0 aromatic carbocycles. The summed E-state index contributed by atoms with van der Waals surface area (Å²) in [5.74, 6) is 0.00992. The summed E-state index contributed by atoms with van der Waals surface area (Å²) in [6.45, 7) is 0.947. The first kappa shape index (κ1) is 15.5. The number of nitrogens with zero attached hydrogens (tertiary/aromatic N) is 3. The SMILES string of the molecule is O=C(CN1C(=O)CCC1=O)N1CCC[C@@H](Oc2ccncc2)C1. The summed E-state index contributed by atoms with van der Waals surface area (Å²) in [5.41, 5.74) is 0. The van der Waals surface area contributed by atoms with E-state index in [1.165, 1.54) is 0 Å². The number of imide groups is 1. The minimum absolute atomic E-state index is 0.0833. The Morgan fingerprint density at radius 1 is 1.22 bits per heavy atom. The molecule has 0 N–H and O–H groups in total. The first-order valence-corrected chi connectivity index (χ1v) is 7.81. The van der Waals surface area contributed by atoms with Crippen molar-refractivity contribution in [1.82, 2.24) is 14.8 Å². The molecular formula is C16H19N3O4. The maximum atomic E-state index is 12.4. The van der Waals surface area contributed by atoms with Crippen molar-refractivity contribution in [2.24, 2.45) is 0 Å². The zero-order valence-corrected chi connectivity index (χ0v) is 12.8. The van der Waals surface area contributed by atoms with Gasteiger partial charge in [-0.15, -0.1) is 0 Å². The van der Waals surface area contributed by atoms with Gasteiger partial charge in [0, 0.05) is 31.8 Å². The minimum Gasteiger partial charge on any atom is -0.488 e. The van der Waals surface area contributed by atoms with Crippen LogP contribution in [-0.2, 0) is 14.4 Å². The van der Waals surface area contributed by atoms with Gasteiger partial charge in [-0.2, -0.15) is 0 Å². The van der Waals surface area contributed by atoms with Gasteiger partial charge < -0.3 is 9.64 Å². The Bertz CT molecular complexity index is 589. The molecule has 0 aliphatic carbocycles. The Kier molecular flexibility index (Phi) is 4.55. The highest BCUT2D eigenvalue weighted by Gasteiger charge is 2.33. The van der Waals surface area contributed by atoms with Gasteiger partial charge in [-0.25, -0.2) is 0 Å². The van der Waals surface area contributed by atoms with E-state index in [4.69, 9.17) is 4.74 Å². The second-order valence-electron chi connectivity index (χ2n) is 5.78. The van der Waals surface area contributed by atoms with Crippen LogP contribution in [-0.4, -0.2) is 58.2 Å². The molecule has 2 saturated heterocycles. The number of piperidine rings is 1. The summed E-state index contributed by atoms with van der Waals surface area (Å²) in [6, 6.07) is 3.56. The average Bonchev–Trinajstić information content (AvgIpc) is 2.88. The lowest BCUT2D eigenvalue weighted by Crippen LogP contribution is -2.48. The fraction of sp³-hybridized carbons (Fsp3) is 0.500. The van der Waals surface area contributed by atoms with Crippen LogP contribution < -0.4 is 4.74 Å². The summed E-state index contributed by atoms with van der Waals surface area (Å²) in [5, 5.41) is 0. The quantitative estimate of drug-likeness (QED) is 0.760.